The number of hydrogen-bond acceptors (Lipinski definition) is 5. The van der Waals surface area contributed by atoms with Crippen LogP contribution in [-0.2, 0) is 22.6 Å². The van der Waals surface area contributed by atoms with Crippen LogP contribution in [0.1, 0.15) is 10.4 Å². The number of rotatable bonds is 4. The van der Waals surface area contributed by atoms with Crippen molar-refractivity contribution in [2.24, 2.45) is 0 Å². The number of anilines is 1. The first-order chi connectivity index (χ1) is 8.25. The number of benzene rings is 1. The van der Waals surface area contributed by atoms with Crippen LogP contribution in [0.3, 0.4) is 0 Å². The molecule has 17 heavy (non-hydrogen) atoms. The Labute approximate surface area is 103 Å². The van der Waals surface area contributed by atoms with Crippen LogP contribution < -0.4 is 5.73 Å². The lowest BCUT2D eigenvalue weighted by Gasteiger charge is -2.05. The highest BCUT2D eigenvalue weighted by Gasteiger charge is 2.07. The number of para-hydroxylation sites is 1. The van der Waals surface area contributed by atoms with Crippen LogP contribution in [0.2, 0.25) is 0 Å². The molecule has 0 saturated heterocycles. The maximum Gasteiger partial charge on any atom is 0.310 e. The summed E-state index contributed by atoms with van der Waals surface area (Å²) in [6.07, 6.45) is 1.89. The molecule has 0 saturated carbocycles. The maximum atomic E-state index is 11.6. The molecule has 0 aliphatic rings. The van der Waals surface area contributed by atoms with E-state index in [-0.39, 0.29) is 19.0 Å². The molecule has 0 fully saturated rings. The number of carbonyl (C=O) groups excluding carboxylic acids is 1. The number of carbonyl (C=O) groups is 1. The quantitative estimate of drug-likeness (QED) is 0.664. The van der Waals surface area contributed by atoms with E-state index in [0.29, 0.717) is 5.69 Å². The third-order valence-corrected chi connectivity index (χ3v) is 3.00. The molecule has 0 aliphatic heterocycles. The fourth-order valence-corrected chi connectivity index (χ4v) is 1.87. The second kappa shape index (κ2) is 5.45. The van der Waals surface area contributed by atoms with Crippen molar-refractivity contribution >= 4 is 23.0 Å². The Morgan fingerprint density at radius 1 is 1.41 bits per heavy atom. The van der Waals surface area contributed by atoms with Crippen molar-refractivity contribution in [1.82, 2.24) is 4.98 Å². The minimum atomic E-state index is -0.281. The van der Waals surface area contributed by atoms with Gasteiger partial charge in [-0.15, -0.1) is 11.3 Å². The van der Waals surface area contributed by atoms with Crippen molar-refractivity contribution in [3.8, 4) is 0 Å². The van der Waals surface area contributed by atoms with Gasteiger partial charge in [-0.1, -0.05) is 18.2 Å². The molecule has 0 radical (unpaired) electrons. The molecule has 88 valence electrons. The number of nitrogen functional groups attached to an aromatic ring is 1. The Morgan fingerprint density at radius 2 is 2.24 bits per heavy atom. The first kappa shape index (κ1) is 11.6. The highest BCUT2D eigenvalue weighted by molar-refractivity contribution is 7.09. The zero-order valence-corrected chi connectivity index (χ0v) is 9.94. The Kier molecular flexibility index (Phi) is 3.72. The highest BCUT2D eigenvalue weighted by atomic mass is 32.1. The topological polar surface area (TPSA) is 65.2 Å². The highest BCUT2D eigenvalue weighted by Crippen LogP contribution is 2.13. The van der Waals surface area contributed by atoms with Gasteiger partial charge in [0, 0.05) is 11.9 Å². The number of esters is 1. The van der Waals surface area contributed by atoms with Crippen molar-refractivity contribution in [1.29, 1.82) is 0 Å². The molecule has 2 rings (SSSR count). The summed E-state index contributed by atoms with van der Waals surface area (Å²) < 4.78 is 5.12. The van der Waals surface area contributed by atoms with Gasteiger partial charge in [0.25, 0.3) is 0 Å². The van der Waals surface area contributed by atoms with Gasteiger partial charge in [-0.05, 0) is 11.6 Å². The zero-order chi connectivity index (χ0) is 12.1. The van der Waals surface area contributed by atoms with Crippen LogP contribution >= 0.6 is 11.3 Å². The summed E-state index contributed by atoms with van der Waals surface area (Å²) in [6, 6.07) is 7.28. The van der Waals surface area contributed by atoms with E-state index >= 15 is 0 Å². The lowest BCUT2D eigenvalue weighted by Crippen LogP contribution is -2.09. The standard InChI is InChI=1S/C12H12N2O2S/c13-11-4-2-1-3-9(11)5-12(15)16-7-10-6-14-8-17-10/h1-4,6,8H,5,7,13H2. The van der Waals surface area contributed by atoms with Crippen LogP contribution in [0.25, 0.3) is 0 Å². The fraction of sp³-hybridized carbons (Fsp3) is 0.167. The van der Waals surface area contributed by atoms with E-state index in [4.69, 9.17) is 10.5 Å². The summed E-state index contributed by atoms with van der Waals surface area (Å²) in [6.45, 7) is 0.274. The van der Waals surface area contributed by atoms with E-state index in [1.54, 1.807) is 17.8 Å². The molecule has 1 aromatic carbocycles. The summed E-state index contributed by atoms with van der Waals surface area (Å²) in [5.41, 5.74) is 8.86. The van der Waals surface area contributed by atoms with Crippen LogP contribution in [0.4, 0.5) is 5.69 Å². The van der Waals surface area contributed by atoms with Crippen LogP contribution in [0.15, 0.2) is 36.0 Å². The summed E-state index contributed by atoms with van der Waals surface area (Å²) in [7, 11) is 0. The van der Waals surface area contributed by atoms with Gasteiger partial charge in [0.15, 0.2) is 0 Å². The van der Waals surface area contributed by atoms with Gasteiger partial charge in [-0.3, -0.25) is 9.78 Å². The summed E-state index contributed by atoms with van der Waals surface area (Å²) in [5.74, 6) is -0.281. The molecule has 0 amide bonds. The van der Waals surface area contributed by atoms with E-state index in [1.807, 2.05) is 18.2 Å². The van der Waals surface area contributed by atoms with Gasteiger partial charge in [-0.25, -0.2) is 0 Å². The summed E-state index contributed by atoms with van der Waals surface area (Å²) >= 11 is 1.46. The van der Waals surface area contributed by atoms with Crippen molar-refractivity contribution in [2.75, 3.05) is 5.73 Å². The van der Waals surface area contributed by atoms with Crippen molar-refractivity contribution in [3.63, 3.8) is 0 Å². The minimum Gasteiger partial charge on any atom is -0.460 e. The minimum absolute atomic E-state index is 0.200. The number of nitrogens with two attached hydrogens (primary N) is 1. The first-order valence-electron chi connectivity index (χ1n) is 5.12. The molecule has 2 N–H and O–H groups in total. The van der Waals surface area contributed by atoms with E-state index in [0.717, 1.165) is 10.4 Å². The number of thiazole rings is 1. The molecular formula is C12H12N2O2S. The van der Waals surface area contributed by atoms with E-state index in [9.17, 15) is 4.79 Å². The van der Waals surface area contributed by atoms with Gasteiger partial charge < -0.3 is 10.5 Å². The van der Waals surface area contributed by atoms with Crippen molar-refractivity contribution < 1.29 is 9.53 Å². The molecule has 5 heteroatoms. The zero-order valence-electron chi connectivity index (χ0n) is 9.13. The third-order valence-electron chi connectivity index (χ3n) is 2.25. The molecule has 1 aromatic heterocycles. The first-order valence-corrected chi connectivity index (χ1v) is 6.00. The average Bonchev–Trinajstić information content (AvgIpc) is 2.82. The second-order valence-electron chi connectivity index (χ2n) is 3.50. The smallest absolute Gasteiger partial charge is 0.310 e. The third kappa shape index (κ3) is 3.29. The number of hydrogen-bond donors (Lipinski definition) is 1. The van der Waals surface area contributed by atoms with Gasteiger partial charge in [-0.2, -0.15) is 0 Å². The van der Waals surface area contributed by atoms with Crippen molar-refractivity contribution in [3.05, 3.63) is 46.4 Å². The van der Waals surface area contributed by atoms with E-state index in [2.05, 4.69) is 4.98 Å². The van der Waals surface area contributed by atoms with Crippen LogP contribution in [0.5, 0.6) is 0 Å². The predicted octanol–water partition coefficient (Wildman–Crippen LogP) is 2.01. The predicted molar refractivity (Wildman–Crippen MR) is 66.5 cm³/mol. The largest absolute Gasteiger partial charge is 0.460 e. The normalized spacial score (nSPS) is 10.1. The van der Waals surface area contributed by atoms with Gasteiger partial charge in [0.1, 0.15) is 6.61 Å². The monoisotopic (exact) mass is 248 g/mol. The lowest BCUT2D eigenvalue weighted by molar-refractivity contribution is -0.144. The Balaban J connectivity index is 1.87. The Hall–Kier alpha value is -1.88. The van der Waals surface area contributed by atoms with Gasteiger partial charge in [0.05, 0.1) is 16.8 Å². The fourth-order valence-electron chi connectivity index (χ4n) is 1.37. The van der Waals surface area contributed by atoms with Crippen molar-refractivity contribution in [2.45, 2.75) is 13.0 Å². The maximum absolute atomic E-state index is 11.6. The van der Waals surface area contributed by atoms with E-state index < -0.39 is 0 Å². The van der Waals surface area contributed by atoms with Gasteiger partial charge in [0.2, 0.25) is 0 Å². The average molecular weight is 248 g/mol. The van der Waals surface area contributed by atoms with Gasteiger partial charge >= 0.3 is 5.97 Å². The Bertz CT molecular complexity index is 497. The number of aromatic nitrogens is 1. The molecule has 0 atom stereocenters. The number of nitrogens with zero attached hydrogens (tertiary/aromatic N) is 1. The lowest BCUT2D eigenvalue weighted by atomic mass is 10.1. The summed E-state index contributed by atoms with van der Waals surface area (Å²) in [5, 5.41) is 0. The molecule has 0 bridgehead atoms. The molecule has 1 heterocycles. The molecule has 0 aliphatic carbocycles. The summed E-state index contributed by atoms with van der Waals surface area (Å²) in [4.78, 5) is 16.4. The SMILES string of the molecule is Nc1ccccc1CC(=O)OCc1cncs1. The second-order valence-corrected chi connectivity index (χ2v) is 4.47. The molecule has 2 aromatic rings. The van der Waals surface area contributed by atoms with Crippen LogP contribution in [0, 0.1) is 0 Å². The molecule has 0 spiro atoms. The number of ether oxygens (including phenoxy) is 1. The molecular weight excluding hydrogens is 236 g/mol. The Morgan fingerprint density at radius 3 is 2.94 bits per heavy atom. The molecule has 4 nitrogen and oxygen atoms in total. The molecule has 0 unspecified atom stereocenters. The van der Waals surface area contributed by atoms with E-state index in [1.165, 1.54) is 11.3 Å². The van der Waals surface area contributed by atoms with Crippen LogP contribution in [-0.4, -0.2) is 11.0 Å².